The molecule has 0 spiro atoms. The lowest BCUT2D eigenvalue weighted by Crippen LogP contribution is -2.42. The van der Waals surface area contributed by atoms with Crippen molar-refractivity contribution in [1.82, 2.24) is 4.98 Å². The number of fused-ring (bicyclic) bond motifs is 1. The van der Waals surface area contributed by atoms with E-state index in [4.69, 9.17) is 4.43 Å². The van der Waals surface area contributed by atoms with E-state index < -0.39 is 8.32 Å². The monoisotopic (exact) mass is 277 g/mol. The summed E-state index contributed by atoms with van der Waals surface area (Å²) in [7, 11) is -1.72. The van der Waals surface area contributed by atoms with Crippen LogP contribution < -0.4 is 0 Å². The van der Waals surface area contributed by atoms with E-state index in [9.17, 15) is 0 Å². The SMILES string of the molecule is CC(C)(C)[Si](C)(C)OC1CCCCc2cccnc21. The topological polar surface area (TPSA) is 22.1 Å². The molecule has 0 N–H and O–H groups in total. The highest BCUT2D eigenvalue weighted by molar-refractivity contribution is 6.74. The van der Waals surface area contributed by atoms with Gasteiger partial charge in [0.25, 0.3) is 0 Å². The lowest BCUT2D eigenvalue weighted by molar-refractivity contribution is 0.168. The van der Waals surface area contributed by atoms with Gasteiger partial charge in [-0.25, -0.2) is 0 Å². The van der Waals surface area contributed by atoms with Crippen LogP contribution in [-0.4, -0.2) is 13.3 Å². The fourth-order valence-corrected chi connectivity index (χ4v) is 3.68. The first-order valence-corrected chi connectivity index (χ1v) is 10.3. The van der Waals surface area contributed by atoms with Gasteiger partial charge >= 0.3 is 0 Å². The summed E-state index contributed by atoms with van der Waals surface area (Å²) in [5, 5.41) is 0.258. The number of rotatable bonds is 2. The number of hydrogen-bond donors (Lipinski definition) is 0. The highest BCUT2D eigenvalue weighted by Crippen LogP contribution is 2.41. The van der Waals surface area contributed by atoms with Gasteiger partial charge in [-0.1, -0.05) is 33.3 Å². The molecule has 2 rings (SSSR count). The molecule has 1 aromatic rings. The summed E-state index contributed by atoms with van der Waals surface area (Å²) in [4.78, 5) is 4.62. The van der Waals surface area contributed by atoms with Crippen LogP contribution in [0, 0.1) is 0 Å². The number of pyridine rings is 1. The van der Waals surface area contributed by atoms with Crippen LogP contribution in [0.15, 0.2) is 18.3 Å². The normalized spacial score (nSPS) is 20.8. The van der Waals surface area contributed by atoms with Crippen molar-refractivity contribution in [3.63, 3.8) is 0 Å². The van der Waals surface area contributed by atoms with Crippen molar-refractivity contribution in [2.45, 2.75) is 70.7 Å². The standard InChI is InChI=1S/C16H27NOSi/c1-16(2,3)19(4,5)18-14-11-7-6-9-13-10-8-12-17-15(13)14/h8,10,12,14H,6-7,9,11H2,1-5H3. The van der Waals surface area contributed by atoms with Crippen LogP contribution in [0.1, 0.15) is 57.4 Å². The predicted octanol–water partition coefficient (Wildman–Crippen LogP) is 4.87. The molecular weight excluding hydrogens is 250 g/mol. The van der Waals surface area contributed by atoms with Gasteiger partial charge in [0.1, 0.15) is 0 Å². The van der Waals surface area contributed by atoms with Crippen LogP contribution in [0.25, 0.3) is 0 Å². The summed E-state index contributed by atoms with van der Waals surface area (Å²) >= 11 is 0. The maximum Gasteiger partial charge on any atom is 0.192 e. The van der Waals surface area contributed by atoms with E-state index in [-0.39, 0.29) is 11.1 Å². The number of hydrogen-bond acceptors (Lipinski definition) is 2. The fraction of sp³-hybridized carbons (Fsp3) is 0.688. The van der Waals surface area contributed by atoms with Crippen molar-refractivity contribution in [3.8, 4) is 0 Å². The van der Waals surface area contributed by atoms with Gasteiger partial charge in [0.05, 0.1) is 11.8 Å². The summed E-state index contributed by atoms with van der Waals surface area (Å²) in [5.74, 6) is 0. The quantitative estimate of drug-likeness (QED) is 0.568. The molecule has 2 nitrogen and oxygen atoms in total. The fourth-order valence-electron chi connectivity index (χ4n) is 2.38. The molecule has 19 heavy (non-hydrogen) atoms. The minimum absolute atomic E-state index is 0.208. The Labute approximate surface area is 118 Å². The largest absolute Gasteiger partial charge is 0.408 e. The Morgan fingerprint density at radius 2 is 2.00 bits per heavy atom. The Morgan fingerprint density at radius 1 is 1.26 bits per heavy atom. The van der Waals surface area contributed by atoms with E-state index in [1.54, 1.807) is 0 Å². The number of nitrogens with zero attached hydrogens (tertiary/aromatic N) is 1. The highest BCUT2D eigenvalue weighted by atomic mass is 28.4. The second kappa shape index (κ2) is 5.37. The molecule has 0 fully saturated rings. The van der Waals surface area contributed by atoms with Gasteiger partial charge in [0.15, 0.2) is 8.32 Å². The Balaban J connectivity index is 2.26. The van der Waals surface area contributed by atoms with Crippen molar-refractivity contribution in [1.29, 1.82) is 0 Å². The molecule has 1 unspecified atom stereocenters. The average Bonchev–Trinajstić information content (AvgIpc) is 2.50. The van der Waals surface area contributed by atoms with E-state index >= 15 is 0 Å². The molecular formula is C16H27NOSi. The maximum atomic E-state index is 6.63. The van der Waals surface area contributed by atoms with E-state index in [2.05, 4.69) is 44.9 Å². The first-order chi connectivity index (χ1) is 8.81. The Morgan fingerprint density at radius 3 is 2.68 bits per heavy atom. The molecule has 0 saturated heterocycles. The van der Waals surface area contributed by atoms with Gasteiger partial charge in [0, 0.05) is 6.20 Å². The van der Waals surface area contributed by atoms with E-state index in [1.807, 2.05) is 12.3 Å². The molecule has 1 aliphatic carbocycles. The number of aromatic nitrogens is 1. The van der Waals surface area contributed by atoms with Gasteiger partial charge < -0.3 is 4.43 Å². The smallest absolute Gasteiger partial charge is 0.192 e. The van der Waals surface area contributed by atoms with Crippen molar-refractivity contribution in [2.75, 3.05) is 0 Å². The van der Waals surface area contributed by atoms with Gasteiger partial charge in [-0.15, -0.1) is 0 Å². The van der Waals surface area contributed by atoms with Crippen LogP contribution in [0.2, 0.25) is 18.1 Å². The summed E-state index contributed by atoms with van der Waals surface area (Å²) in [6, 6.07) is 4.27. The van der Waals surface area contributed by atoms with Crippen molar-refractivity contribution in [3.05, 3.63) is 29.6 Å². The lowest BCUT2D eigenvalue weighted by atomic mass is 10.1. The molecule has 0 aromatic carbocycles. The number of aryl methyl sites for hydroxylation is 1. The molecule has 3 heteroatoms. The Kier molecular flexibility index (Phi) is 4.16. The highest BCUT2D eigenvalue weighted by Gasteiger charge is 2.40. The molecule has 0 saturated carbocycles. The van der Waals surface area contributed by atoms with Crippen LogP contribution in [0.3, 0.4) is 0 Å². The molecule has 1 atom stereocenters. The average molecular weight is 277 g/mol. The van der Waals surface area contributed by atoms with Crippen molar-refractivity contribution in [2.24, 2.45) is 0 Å². The molecule has 0 radical (unpaired) electrons. The summed E-state index contributed by atoms with van der Waals surface area (Å²) in [5.41, 5.74) is 2.59. The predicted molar refractivity (Wildman–Crippen MR) is 82.8 cm³/mol. The minimum Gasteiger partial charge on any atom is -0.408 e. The zero-order valence-electron chi connectivity index (χ0n) is 13.0. The van der Waals surface area contributed by atoms with E-state index in [0.717, 1.165) is 12.8 Å². The zero-order chi connectivity index (χ0) is 14.1. The first kappa shape index (κ1) is 14.7. The van der Waals surface area contributed by atoms with Crippen LogP contribution >= 0.6 is 0 Å². The maximum absolute atomic E-state index is 6.63. The summed E-state index contributed by atoms with van der Waals surface area (Å²) in [6.45, 7) is 11.6. The van der Waals surface area contributed by atoms with Crippen LogP contribution in [-0.2, 0) is 10.8 Å². The van der Waals surface area contributed by atoms with Gasteiger partial charge in [-0.05, 0) is 49.0 Å². The molecule has 1 aromatic heterocycles. The third-order valence-corrected chi connectivity index (χ3v) is 9.12. The van der Waals surface area contributed by atoms with Gasteiger partial charge in [0.2, 0.25) is 0 Å². The van der Waals surface area contributed by atoms with E-state index in [1.165, 1.54) is 24.1 Å². The molecule has 0 aliphatic heterocycles. The molecule has 1 aliphatic rings. The summed E-state index contributed by atoms with van der Waals surface area (Å²) in [6.07, 6.45) is 6.90. The van der Waals surface area contributed by atoms with E-state index in [0.29, 0.717) is 0 Å². The van der Waals surface area contributed by atoms with Gasteiger partial charge in [-0.3, -0.25) is 4.98 Å². The second-order valence-electron chi connectivity index (χ2n) is 7.16. The third-order valence-electron chi connectivity index (χ3n) is 4.64. The van der Waals surface area contributed by atoms with Crippen LogP contribution in [0.4, 0.5) is 0 Å². The summed E-state index contributed by atoms with van der Waals surface area (Å²) < 4.78 is 6.63. The Bertz CT molecular complexity index is 437. The van der Waals surface area contributed by atoms with Crippen molar-refractivity contribution < 1.29 is 4.43 Å². The van der Waals surface area contributed by atoms with Crippen LogP contribution in [0.5, 0.6) is 0 Å². The molecule has 0 amide bonds. The lowest BCUT2D eigenvalue weighted by Gasteiger charge is -2.39. The first-order valence-electron chi connectivity index (χ1n) is 7.43. The Hall–Kier alpha value is -0.673. The third kappa shape index (κ3) is 3.26. The molecule has 1 heterocycles. The zero-order valence-corrected chi connectivity index (χ0v) is 14.0. The molecule has 0 bridgehead atoms. The minimum atomic E-state index is -1.72. The molecule has 106 valence electrons. The second-order valence-corrected chi connectivity index (χ2v) is 11.9. The van der Waals surface area contributed by atoms with Gasteiger partial charge in [-0.2, -0.15) is 0 Å². The van der Waals surface area contributed by atoms with Crippen molar-refractivity contribution >= 4 is 8.32 Å².